The highest BCUT2D eigenvalue weighted by molar-refractivity contribution is 5.96. The fraction of sp³-hybridized carbons (Fsp3) is 0.364. The molecular weight excluding hydrogens is 401 g/mol. The summed E-state index contributed by atoms with van der Waals surface area (Å²) in [4.78, 5) is 45.9. The van der Waals surface area contributed by atoms with Crippen molar-refractivity contribution in [1.29, 1.82) is 0 Å². The van der Waals surface area contributed by atoms with E-state index in [2.05, 4.69) is 9.88 Å². The molecule has 3 aromatic rings. The summed E-state index contributed by atoms with van der Waals surface area (Å²) in [6, 6.07) is 7.98. The Morgan fingerprint density at radius 3 is 2.52 bits per heavy atom. The minimum atomic E-state index is -0.471. The molecule has 1 aliphatic heterocycles. The van der Waals surface area contributed by atoms with E-state index in [1.165, 1.54) is 36.0 Å². The Balaban J connectivity index is 1.52. The maximum absolute atomic E-state index is 13.1. The summed E-state index contributed by atoms with van der Waals surface area (Å²) in [5, 5.41) is 0.239. The van der Waals surface area contributed by atoms with Gasteiger partial charge in [0.1, 0.15) is 11.5 Å². The standard InChI is InChI=1S/C22H24FN5O3/c1-25-19-18(21(30)26(2)22(25)31)12-16(13-24-19)20(29)28-9-3-8-27(10-11-28)14-15-4-6-17(23)7-5-15/h4-7,12-13H,3,8-11,14H2,1-2H3. The predicted octanol–water partition coefficient (Wildman–Crippen LogP) is 1.12. The van der Waals surface area contributed by atoms with Crippen LogP contribution in [0, 0.1) is 5.82 Å². The van der Waals surface area contributed by atoms with E-state index >= 15 is 0 Å². The number of pyridine rings is 1. The third-order valence-electron chi connectivity index (χ3n) is 5.74. The van der Waals surface area contributed by atoms with Crippen molar-refractivity contribution in [2.75, 3.05) is 26.2 Å². The van der Waals surface area contributed by atoms with Crippen molar-refractivity contribution in [2.45, 2.75) is 13.0 Å². The molecule has 8 nitrogen and oxygen atoms in total. The Kier molecular flexibility index (Phi) is 5.69. The van der Waals surface area contributed by atoms with Crippen LogP contribution in [0.3, 0.4) is 0 Å². The molecule has 0 radical (unpaired) electrons. The molecule has 0 bridgehead atoms. The van der Waals surface area contributed by atoms with Crippen LogP contribution in [-0.4, -0.2) is 56.0 Å². The van der Waals surface area contributed by atoms with Crippen molar-refractivity contribution in [3.05, 3.63) is 74.3 Å². The lowest BCUT2D eigenvalue weighted by molar-refractivity contribution is 0.0761. The van der Waals surface area contributed by atoms with E-state index in [0.29, 0.717) is 31.7 Å². The molecule has 3 heterocycles. The Morgan fingerprint density at radius 2 is 1.77 bits per heavy atom. The molecule has 9 heteroatoms. The highest BCUT2D eigenvalue weighted by Crippen LogP contribution is 2.14. The number of aromatic nitrogens is 3. The lowest BCUT2D eigenvalue weighted by atomic mass is 10.2. The number of aryl methyl sites for hydroxylation is 1. The van der Waals surface area contributed by atoms with Gasteiger partial charge >= 0.3 is 5.69 Å². The van der Waals surface area contributed by atoms with Gasteiger partial charge in [-0.15, -0.1) is 0 Å². The van der Waals surface area contributed by atoms with Crippen LogP contribution in [0.4, 0.5) is 4.39 Å². The molecule has 1 fully saturated rings. The summed E-state index contributed by atoms with van der Waals surface area (Å²) in [5.74, 6) is -0.441. The first kappa shape index (κ1) is 20.9. The van der Waals surface area contributed by atoms with Crippen LogP contribution >= 0.6 is 0 Å². The van der Waals surface area contributed by atoms with Crippen molar-refractivity contribution >= 4 is 16.9 Å². The van der Waals surface area contributed by atoms with Crippen LogP contribution in [0.2, 0.25) is 0 Å². The third-order valence-corrected chi connectivity index (χ3v) is 5.74. The summed E-state index contributed by atoms with van der Waals surface area (Å²) < 4.78 is 15.4. The lowest BCUT2D eigenvalue weighted by Crippen LogP contribution is -2.38. The second-order valence-electron chi connectivity index (χ2n) is 7.85. The monoisotopic (exact) mass is 425 g/mol. The van der Waals surface area contributed by atoms with Crippen molar-refractivity contribution < 1.29 is 9.18 Å². The number of carbonyl (C=O) groups excluding carboxylic acids is 1. The minimum Gasteiger partial charge on any atom is -0.337 e. The van der Waals surface area contributed by atoms with Crippen LogP contribution in [-0.2, 0) is 20.6 Å². The van der Waals surface area contributed by atoms with Gasteiger partial charge < -0.3 is 4.90 Å². The molecule has 1 aromatic carbocycles. The fourth-order valence-electron chi connectivity index (χ4n) is 3.95. The molecule has 31 heavy (non-hydrogen) atoms. The van der Waals surface area contributed by atoms with E-state index in [9.17, 15) is 18.8 Å². The number of hydrogen-bond acceptors (Lipinski definition) is 5. The van der Waals surface area contributed by atoms with Crippen LogP contribution in [0.5, 0.6) is 0 Å². The molecule has 0 spiro atoms. The zero-order valence-corrected chi connectivity index (χ0v) is 17.5. The number of nitrogens with zero attached hydrogens (tertiary/aromatic N) is 5. The quantitative estimate of drug-likeness (QED) is 0.628. The number of rotatable bonds is 3. The van der Waals surface area contributed by atoms with E-state index in [1.807, 2.05) is 0 Å². The number of amides is 1. The molecule has 0 N–H and O–H groups in total. The van der Waals surface area contributed by atoms with E-state index < -0.39 is 11.2 Å². The summed E-state index contributed by atoms with van der Waals surface area (Å²) in [6.45, 7) is 3.37. The van der Waals surface area contributed by atoms with Gasteiger partial charge in [0.25, 0.3) is 11.5 Å². The van der Waals surface area contributed by atoms with Gasteiger partial charge in [0, 0.05) is 53.0 Å². The maximum Gasteiger partial charge on any atom is 0.332 e. The van der Waals surface area contributed by atoms with Gasteiger partial charge in [0.15, 0.2) is 0 Å². The van der Waals surface area contributed by atoms with Gasteiger partial charge in [-0.25, -0.2) is 14.2 Å². The van der Waals surface area contributed by atoms with Crippen molar-refractivity contribution in [3.8, 4) is 0 Å². The first-order valence-electron chi connectivity index (χ1n) is 10.2. The smallest absolute Gasteiger partial charge is 0.332 e. The lowest BCUT2D eigenvalue weighted by Gasteiger charge is -2.22. The topological polar surface area (TPSA) is 80.4 Å². The van der Waals surface area contributed by atoms with Gasteiger partial charge in [-0.05, 0) is 30.2 Å². The predicted molar refractivity (Wildman–Crippen MR) is 114 cm³/mol. The van der Waals surface area contributed by atoms with Gasteiger partial charge in [-0.1, -0.05) is 12.1 Å². The Hall–Kier alpha value is -3.33. The first-order valence-corrected chi connectivity index (χ1v) is 10.2. The SMILES string of the molecule is Cn1c(=O)c2cc(C(=O)N3CCCN(Cc4ccc(F)cc4)CC3)cnc2n(C)c1=O. The summed E-state index contributed by atoms with van der Waals surface area (Å²) in [6.07, 6.45) is 2.23. The van der Waals surface area contributed by atoms with Crippen molar-refractivity contribution in [3.63, 3.8) is 0 Å². The fourth-order valence-corrected chi connectivity index (χ4v) is 3.95. The normalized spacial score (nSPS) is 15.3. The molecule has 0 unspecified atom stereocenters. The molecular formula is C22H24FN5O3. The van der Waals surface area contributed by atoms with Crippen molar-refractivity contribution in [2.24, 2.45) is 14.1 Å². The third kappa shape index (κ3) is 4.13. The Labute approximate surface area is 178 Å². The number of fused-ring (bicyclic) bond motifs is 1. The molecule has 0 atom stereocenters. The number of carbonyl (C=O) groups is 1. The summed E-state index contributed by atoms with van der Waals surface area (Å²) in [7, 11) is 2.95. The van der Waals surface area contributed by atoms with Gasteiger partial charge in [-0.2, -0.15) is 0 Å². The second-order valence-corrected chi connectivity index (χ2v) is 7.85. The van der Waals surface area contributed by atoms with Crippen LogP contribution < -0.4 is 11.2 Å². The van der Waals surface area contributed by atoms with E-state index in [-0.39, 0.29) is 22.8 Å². The largest absolute Gasteiger partial charge is 0.337 e. The molecule has 4 rings (SSSR count). The first-order chi connectivity index (χ1) is 14.8. The summed E-state index contributed by atoms with van der Waals surface area (Å²) in [5.41, 5.74) is 0.682. The maximum atomic E-state index is 13.1. The van der Waals surface area contributed by atoms with Crippen molar-refractivity contribution in [1.82, 2.24) is 23.9 Å². The molecule has 1 saturated heterocycles. The van der Waals surface area contributed by atoms with E-state index in [4.69, 9.17) is 0 Å². The molecule has 162 valence electrons. The molecule has 2 aromatic heterocycles. The number of hydrogen-bond donors (Lipinski definition) is 0. The highest BCUT2D eigenvalue weighted by Gasteiger charge is 2.22. The molecule has 0 saturated carbocycles. The average Bonchev–Trinajstić information content (AvgIpc) is 3.02. The number of halogens is 1. The van der Waals surface area contributed by atoms with Gasteiger partial charge in [0.05, 0.1) is 10.9 Å². The van der Waals surface area contributed by atoms with Crippen LogP contribution in [0.1, 0.15) is 22.3 Å². The van der Waals surface area contributed by atoms with E-state index in [1.54, 1.807) is 24.1 Å². The molecule has 1 aliphatic rings. The zero-order valence-electron chi connectivity index (χ0n) is 17.5. The Morgan fingerprint density at radius 1 is 1.03 bits per heavy atom. The number of benzene rings is 1. The summed E-state index contributed by atoms with van der Waals surface area (Å²) >= 11 is 0. The van der Waals surface area contributed by atoms with Crippen LogP contribution in [0.15, 0.2) is 46.1 Å². The molecule has 0 aliphatic carbocycles. The highest BCUT2D eigenvalue weighted by atomic mass is 19.1. The second kappa shape index (κ2) is 8.43. The van der Waals surface area contributed by atoms with Crippen LogP contribution in [0.25, 0.3) is 11.0 Å². The zero-order chi connectivity index (χ0) is 22.1. The minimum absolute atomic E-state index is 0.186. The van der Waals surface area contributed by atoms with Gasteiger partial charge in [0.2, 0.25) is 0 Å². The Bertz CT molecular complexity index is 1250. The molecule has 1 amide bonds. The average molecular weight is 425 g/mol. The van der Waals surface area contributed by atoms with E-state index in [0.717, 1.165) is 23.1 Å². The van der Waals surface area contributed by atoms with Gasteiger partial charge in [-0.3, -0.25) is 23.6 Å².